The minimum absolute atomic E-state index is 0.405. The number of benzene rings is 1. The predicted octanol–water partition coefficient (Wildman–Crippen LogP) is 1.97. The molecular formula is C16H27N3. The van der Waals surface area contributed by atoms with Crippen molar-refractivity contribution >= 4 is 0 Å². The molecule has 1 saturated heterocycles. The van der Waals surface area contributed by atoms with Gasteiger partial charge in [-0.3, -0.25) is 4.90 Å². The fourth-order valence-corrected chi connectivity index (χ4v) is 3.12. The molecule has 1 heterocycles. The predicted molar refractivity (Wildman–Crippen MR) is 81.4 cm³/mol. The third kappa shape index (κ3) is 3.35. The zero-order valence-corrected chi connectivity index (χ0v) is 12.6. The van der Waals surface area contributed by atoms with Gasteiger partial charge < -0.3 is 10.2 Å². The van der Waals surface area contributed by atoms with Crippen molar-refractivity contribution in [2.75, 3.05) is 34.2 Å². The number of hydrogen-bond acceptors (Lipinski definition) is 3. The molecule has 2 rings (SSSR count). The molecule has 0 spiro atoms. The van der Waals surface area contributed by atoms with Gasteiger partial charge in [-0.15, -0.1) is 0 Å². The van der Waals surface area contributed by atoms with Crippen molar-refractivity contribution in [3.05, 3.63) is 35.9 Å². The summed E-state index contributed by atoms with van der Waals surface area (Å²) >= 11 is 0. The van der Waals surface area contributed by atoms with Crippen molar-refractivity contribution in [2.45, 2.75) is 31.5 Å². The maximum absolute atomic E-state index is 3.48. The van der Waals surface area contributed by atoms with E-state index in [2.05, 4.69) is 73.5 Å². The second-order valence-electron chi connectivity index (χ2n) is 5.82. The fourth-order valence-electron chi connectivity index (χ4n) is 3.12. The molecular weight excluding hydrogens is 234 g/mol. The lowest BCUT2D eigenvalue weighted by Gasteiger charge is -2.32. The van der Waals surface area contributed by atoms with Crippen LogP contribution in [-0.4, -0.2) is 56.1 Å². The van der Waals surface area contributed by atoms with Crippen molar-refractivity contribution < 1.29 is 0 Å². The van der Waals surface area contributed by atoms with Crippen molar-refractivity contribution in [1.82, 2.24) is 15.1 Å². The molecule has 0 saturated carbocycles. The molecule has 1 aliphatic heterocycles. The van der Waals surface area contributed by atoms with Crippen LogP contribution in [-0.2, 0) is 0 Å². The van der Waals surface area contributed by atoms with E-state index in [1.54, 1.807) is 0 Å². The Hall–Kier alpha value is -0.900. The summed E-state index contributed by atoms with van der Waals surface area (Å²) in [5.41, 5.74) is 1.38. The highest BCUT2D eigenvalue weighted by atomic mass is 15.3. The number of likely N-dealkylation sites (N-methyl/N-ethyl adjacent to an activating group) is 2. The van der Waals surface area contributed by atoms with E-state index in [-0.39, 0.29) is 0 Å². The molecule has 1 aromatic carbocycles. The van der Waals surface area contributed by atoms with Gasteiger partial charge in [0, 0.05) is 31.2 Å². The maximum atomic E-state index is 3.48. The van der Waals surface area contributed by atoms with Gasteiger partial charge in [0.05, 0.1) is 0 Å². The molecule has 0 amide bonds. The Balaban J connectivity index is 2.04. The fraction of sp³-hybridized carbons (Fsp3) is 0.625. The molecule has 1 N–H and O–H groups in total. The summed E-state index contributed by atoms with van der Waals surface area (Å²) in [5.74, 6) is 0. The molecule has 3 heteroatoms. The molecule has 0 aliphatic carbocycles. The molecule has 0 bridgehead atoms. The molecule has 1 aliphatic rings. The number of likely N-dealkylation sites (tertiary alicyclic amines) is 1. The van der Waals surface area contributed by atoms with Gasteiger partial charge in [0.25, 0.3) is 0 Å². The average Bonchev–Trinajstić information content (AvgIpc) is 2.90. The first-order chi connectivity index (χ1) is 9.13. The Morgan fingerprint density at radius 1 is 1.26 bits per heavy atom. The largest absolute Gasteiger partial charge is 0.312 e. The van der Waals surface area contributed by atoms with Gasteiger partial charge in [0.1, 0.15) is 0 Å². The van der Waals surface area contributed by atoms with Gasteiger partial charge in [0.2, 0.25) is 0 Å². The minimum Gasteiger partial charge on any atom is -0.312 e. The van der Waals surface area contributed by atoms with E-state index >= 15 is 0 Å². The molecule has 3 nitrogen and oxygen atoms in total. The number of nitrogens with zero attached hydrogens (tertiary/aromatic N) is 2. The van der Waals surface area contributed by atoms with Gasteiger partial charge in [-0.1, -0.05) is 30.3 Å². The van der Waals surface area contributed by atoms with Crippen LogP contribution in [0.25, 0.3) is 0 Å². The first-order valence-corrected chi connectivity index (χ1v) is 7.26. The molecule has 0 aromatic heterocycles. The van der Waals surface area contributed by atoms with Crippen molar-refractivity contribution in [2.24, 2.45) is 0 Å². The second kappa shape index (κ2) is 6.51. The van der Waals surface area contributed by atoms with Crippen LogP contribution < -0.4 is 5.32 Å². The zero-order valence-electron chi connectivity index (χ0n) is 12.6. The molecule has 1 aromatic rings. The normalized spacial score (nSPS) is 23.7. The lowest BCUT2D eigenvalue weighted by molar-refractivity contribution is 0.192. The summed E-state index contributed by atoms with van der Waals surface area (Å²) in [5, 5.41) is 3.48. The van der Waals surface area contributed by atoms with Crippen LogP contribution in [0.15, 0.2) is 30.3 Å². The van der Waals surface area contributed by atoms with Crippen LogP contribution >= 0.6 is 0 Å². The van der Waals surface area contributed by atoms with Crippen LogP contribution in [0.1, 0.15) is 24.9 Å². The molecule has 19 heavy (non-hydrogen) atoms. The SMILES string of the molecule is CNC(c1ccccc1)C(C)N1CCC(N(C)C)C1. The highest BCUT2D eigenvalue weighted by molar-refractivity contribution is 5.20. The Labute approximate surface area is 117 Å². The smallest absolute Gasteiger partial charge is 0.0473 e. The van der Waals surface area contributed by atoms with E-state index < -0.39 is 0 Å². The lowest BCUT2D eigenvalue weighted by Crippen LogP contribution is -2.42. The first kappa shape index (κ1) is 14.5. The summed E-state index contributed by atoms with van der Waals surface area (Å²) in [7, 11) is 6.44. The third-order valence-electron chi connectivity index (χ3n) is 4.45. The topological polar surface area (TPSA) is 18.5 Å². The monoisotopic (exact) mass is 261 g/mol. The molecule has 3 atom stereocenters. The van der Waals surface area contributed by atoms with Crippen molar-refractivity contribution in [3.8, 4) is 0 Å². The lowest BCUT2D eigenvalue weighted by atomic mass is 10.00. The van der Waals surface area contributed by atoms with Crippen LogP contribution in [0.3, 0.4) is 0 Å². The highest BCUT2D eigenvalue weighted by Gasteiger charge is 2.31. The van der Waals surface area contributed by atoms with Crippen LogP contribution in [0.2, 0.25) is 0 Å². The first-order valence-electron chi connectivity index (χ1n) is 7.26. The van der Waals surface area contributed by atoms with Gasteiger partial charge in [0.15, 0.2) is 0 Å². The van der Waals surface area contributed by atoms with Crippen LogP contribution in [0, 0.1) is 0 Å². The van der Waals surface area contributed by atoms with Gasteiger partial charge in [-0.05, 0) is 40.1 Å². The molecule has 106 valence electrons. The highest BCUT2D eigenvalue weighted by Crippen LogP contribution is 2.24. The number of hydrogen-bond donors (Lipinski definition) is 1. The van der Waals surface area contributed by atoms with Gasteiger partial charge >= 0.3 is 0 Å². The average molecular weight is 261 g/mol. The van der Waals surface area contributed by atoms with E-state index in [1.165, 1.54) is 25.1 Å². The number of nitrogens with one attached hydrogen (secondary N) is 1. The number of rotatable bonds is 5. The summed E-state index contributed by atoms with van der Waals surface area (Å²) in [6.45, 7) is 4.72. The van der Waals surface area contributed by atoms with E-state index in [0.29, 0.717) is 18.1 Å². The van der Waals surface area contributed by atoms with Crippen LogP contribution in [0.5, 0.6) is 0 Å². The van der Waals surface area contributed by atoms with E-state index in [9.17, 15) is 0 Å². The Bertz CT molecular complexity index is 377. The molecule has 1 fully saturated rings. The van der Waals surface area contributed by atoms with Crippen LogP contribution in [0.4, 0.5) is 0 Å². The summed E-state index contributed by atoms with van der Waals surface area (Å²) in [4.78, 5) is 4.96. The quantitative estimate of drug-likeness (QED) is 0.874. The molecule has 3 unspecified atom stereocenters. The molecule has 0 radical (unpaired) electrons. The van der Waals surface area contributed by atoms with E-state index in [1.807, 2.05) is 0 Å². The van der Waals surface area contributed by atoms with Crippen molar-refractivity contribution in [1.29, 1.82) is 0 Å². The Morgan fingerprint density at radius 3 is 2.47 bits per heavy atom. The van der Waals surface area contributed by atoms with Crippen molar-refractivity contribution in [3.63, 3.8) is 0 Å². The standard InChI is InChI=1S/C16H27N3/c1-13(19-11-10-15(12-19)18(3)4)16(17-2)14-8-6-5-7-9-14/h5-9,13,15-17H,10-12H2,1-4H3. The maximum Gasteiger partial charge on any atom is 0.0473 e. The van der Waals surface area contributed by atoms with Gasteiger partial charge in [-0.2, -0.15) is 0 Å². The third-order valence-corrected chi connectivity index (χ3v) is 4.45. The van der Waals surface area contributed by atoms with Gasteiger partial charge in [-0.25, -0.2) is 0 Å². The minimum atomic E-state index is 0.405. The Kier molecular flexibility index (Phi) is 4.97. The second-order valence-corrected chi connectivity index (χ2v) is 5.82. The summed E-state index contributed by atoms with van der Waals surface area (Å²) < 4.78 is 0. The zero-order chi connectivity index (χ0) is 13.8. The summed E-state index contributed by atoms with van der Waals surface area (Å²) in [6.07, 6.45) is 1.28. The van der Waals surface area contributed by atoms with E-state index in [4.69, 9.17) is 0 Å². The van der Waals surface area contributed by atoms with E-state index in [0.717, 1.165) is 0 Å². The summed E-state index contributed by atoms with van der Waals surface area (Å²) in [6, 6.07) is 12.4. The Morgan fingerprint density at radius 2 is 1.95 bits per heavy atom.